The summed E-state index contributed by atoms with van der Waals surface area (Å²) >= 11 is 3.57. The lowest BCUT2D eigenvalue weighted by Crippen LogP contribution is -2.31. The first-order valence-corrected chi connectivity index (χ1v) is 6.56. The van der Waals surface area contributed by atoms with Crippen molar-refractivity contribution < 1.29 is 0 Å². The van der Waals surface area contributed by atoms with Crippen LogP contribution >= 0.6 is 15.9 Å². The highest BCUT2D eigenvalue weighted by Gasteiger charge is 2.18. The Morgan fingerprint density at radius 2 is 1.88 bits per heavy atom. The minimum absolute atomic E-state index is 0.950. The number of pyridine rings is 1. The summed E-state index contributed by atoms with van der Waals surface area (Å²) in [5, 5.41) is 0. The van der Waals surface area contributed by atoms with Crippen molar-refractivity contribution in [1.29, 1.82) is 0 Å². The second-order valence-electron chi connectivity index (χ2n) is 4.25. The Kier molecular flexibility index (Phi) is 2.85. The number of rotatable bonds is 1. The Bertz CT molecular complexity index is 539. The van der Waals surface area contributed by atoms with Crippen molar-refractivity contribution in [2.75, 3.05) is 11.4 Å². The Labute approximate surface area is 109 Å². The summed E-state index contributed by atoms with van der Waals surface area (Å²) in [5.74, 6) is 1.04. The van der Waals surface area contributed by atoms with Gasteiger partial charge in [0, 0.05) is 19.3 Å². The molecule has 1 aliphatic heterocycles. The van der Waals surface area contributed by atoms with E-state index in [4.69, 9.17) is 0 Å². The highest BCUT2D eigenvalue weighted by Crippen LogP contribution is 2.28. The van der Waals surface area contributed by atoms with Crippen LogP contribution in [0.5, 0.6) is 0 Å². The van der Waals surface area contributed by atoms with Crippen LogP contribution in [0, 0.1) is 0 Å². The molecule has 0 fully saturated rings. The van der Waals surface area contributed by atoms with E-state index < -0.39 is 0 Å². The van der Waals surface area contributed by atoms with Crippen molar-refractivity contribution in [2.45, 2.75) is 13.0 Å². The molecular weight excluding hydrogens is 276 g/mol. The fraction of sp³-hybridized carbons (Fsp3) is 0.214. The molecule has 0 amide bonds. The van der Waals surface area contributed by atoms with E-state index in [1.165, 1.54) is 11.1 Å². The van der Waals surface area contributed by atoms with E-state index in [-0.39, 0.29) is 0 Å². The second-order valence-corrected chi connectivity index (χ2v) is 5.10. The molecule has 2 nitrogen and oxygen atoms in total. The third-order valence-electron chi connectivity index (χ3n) is 3.17. The largest absolute Gasteiger partial charge is 0.351 e. The number of nitrogens with zero attached hydrogens (tertiary/aromatic N) is 2. The summed E-state index contributed by atoms with van der Waals surface area (Å²) in [7, 11) is 0. The summed E-state index contributed by atoms with van der Waals surface area (Å²) < 4.78 is 1.07. The Balaban J connectivity index is 1.92. The third-order valence-corrected chi connectivity index (χ3v) is 3.79. The zero-order chi connectivity index (χ0) is 11.7. The summed E-state index contributed by atoms with van der Waals surface area (Å²) in [5.41, 5.74) is 2.88. The van der Waals surface area contributed by atoms with Gasteiger partial charge in [-0.05, 0) is 45.6 Å². The van der Waals surface area contributed by atoms with Gasteiger partial charge in [-0.15, -0.1) is 0 Å². The van der Waals surface area contributed by atoms with Crippen molar-refractivity contribution in [3.63, 3.8) is 0 Å². The molecule has 0 aliphatic carbocycles. The third kappa shape index (κ3) is 2.07. The van der Waals surface area contributed by atoms with Gasteiger partial charge in [0.15, 0.2) is 0 Å². The average Bonchev–Trinajstić information content (AvgIpc) is 2.39. The lowest BCUT2D eigenvalue weighted by atomic mass is 10.00. The zero-order valence-electron chi connectivity index (χ0n) is 9.44. The molecule has 3 rings (SSSR count). The molecular formula is C14H13BrN2. The topological polar surface area (TPSA) is 16.1 Å². The monoisotopic (exact) mass is 288 g/mol. The van der Waals surface area contributed by atoms with Crippen LogP contribution in [-0.2, 0) is 13.0 Å². The number of hydrogen-bond acceptors (Lipinski definition) is 2. The predicted octanol–water partition coefficient (Wildman–Crippen LogP) is 3.41. The maximum Gasteiger partial charge on any atom is 0.143 e. The van der Waals surface area contributed by atoms with Crippen LogP contribution in [0.2, 0.25) is 0 Å². The van der Waals surface area contributed by atoms with Gasteiger partial charge in [0.25, 0.3) is 0 Å². The van der Waals surface area contributed by atoms with E-state index in [1.54, 1.807) is 0 Å². The van der Waals surface area contributed by atoms with Gasteiger partial charge in [-0.1, -0.05) is 24.3 Å². The molecule has 0 unspecified atom stereocenters. The lowest BCUT2D eigenvalue weighted by molar-refractivity contribution is 0.719. The molecule has 0 radical (unpaired) electrons. The molecule has 1 aromatic carbocycles. The normalized spacial score (nSPS) is 14.5. The van der Waals surface area contributed by atoms with Gasteiger partial charge in [0.2, 0.25) is 0 Å². The maximum absolute atomic E-state index is 4.45. The molecule has 0 saturated carbocycles. The molecule has 86 valence electrons. The van der Waals surface area contributed by atoms with Crippen molar-refractivity contribution in [3.8, 4) is 0 Å². The first kappa shape index (κ1) is 10.8. The van der Waals surface area contributed by atoms with Crippen LogP contribution in [0.4, 0.5) is 5.82 Å². The fourth-order valence-electron chi connectivity index (χ4n) is 2.29. The van der Waals surface area contributed by atoms with E-state index in [9.17, 15) is 0 Å². The molecule has 1 aliphatic rings. The first-order valence-electron chi connectivity index (χ1n) is 5.77. The molecule has 17 heavy (non-hydrogen) atoms. The highest BCUT2D eigenvalue weighted by atomic mass is 79.9. The SMILES string of the molecule is Brc1cccnc1N1CCc2ccccc2C1. The Morgan fingerprint density at radius 3 is 2.71 bits per heavy atom. The molecule has 0 N–H and O–H groups in total. The number of anilines is 1. The Hall–Kier alpha value is -1.35. The molecule has 0 bridgehead atoms. The van der Waals surface area contributed by atoms with Crippen molar-refractivity contribution in [2.24, 2.45) is 0 Å². The second kappa shape index (κ2) is 4.49. The lowest BCUT2D eigenvalue weighted by Gasteiger charge is -2.30. The minimum Gasteiger partial charge on any atom is -0.351 e. The van der Waals surface area contributed by atoms with Crippen LogP contribution in [0.1, 0.15) is 11.1 Å². The molecule has 2 aromatic rings. The summed E-state index contributed by atoms with van der Waals surface area (Å²) in [4.78, 5) is 6.78. The number of aromatic nitrogens is 1. The van der Waals surface area contributed by atoms with Gasteiger partial charge in [-0.25, -0.2) is 4.98 Å². The predicted molar refractivity (Wildman–Crippen MR) is 73.1 cm³/mol. The van der Waals surface area contributed by atoms with Crippen LogP contribution in [0.15, 0.2) is 47.1 Å². The van der Waals surface area contributed by atoms with Crippen LogP contribution < -0.4 is 4.90 Å². The number of fused-ring (bicyclic) bond motifs is 1. The zero-order valence-corrected chi connectivity index (χ0v) is 11.0. The van der Waals surface area contributed by atoms with Gasteiger partial charge >= 0.3 is 0 Å². The fourth-order valence-corrected chi connectivity index (χ4v) is 2.79. The smallest absolute Gasteiger partial charge is 0.143 e. The maximum atomic E-state index is 4.45. The number of benzene rings is 1. The van der Waals surface area contributed by atoms with E-state index in [2.05, 4.69) is 50.1 Å². The molecule has 2 heterocycles. The molecule has 0 spiro atoms. The van der Waals surface area contributed by atoms with Crippen molar-refractivity contribution in [3.05, 3.63) is 58.2 Å². The Morgan fingerprint density at radius 1 is 1.06 bits per heavy atom. The summed E-state index contributed by atoms with van der Waals surface area (Å²) in [6.45, 7) is 1.98. The van der Waals surface area contributed by atoms with Gasteiger partial charge in [-0.3, -0.25) is 0 Å². The van der Waals surface area contributed by atoms with Crippen LogP contribution in [0.3, 0.4) is 0 Å². The van der Waals surface area contributed by atoms with Crippen LogP contribution in [0.25, 0.3) is 0 Å². The molecule has 1 aromatic heterocycles. The van der Waals surface area contributed by atoms with Crippen molar-refractivity contribution >= 4 is 21.7 Å². The average molecular weight is 289 g/mol. The van der Waals surface area contributed by atoms with Gasteiger partial charge in [-0.2, -0.15) is 0 Å². The van der Waals surface area contributed by atoms with E-state index in [1.807, 2.05) is 18.3 Å². The van der Waals surface area contributed by atoms with Gasteiger partial charge < -0.3 is 4.90 Å². The van der Waals surface area contributed by atoms with Crippen LogP contribution in [-0.4, -0.2) is 11.5 Å². The summed E-state index contributed by atoms with van der Waals surface area (Å²) in [6.07, 6.45) is 2.94. The molecule has 0 saturated heterocycles. The van der Waals surface area contributed by atoms with E-state index in [0.29, 0.717) is 0 Å². The standard InChI is InChI=1S/C14H13BrN2/c15-13-6-3-8-16-14(13)17-9-7-11-4-1-2-5-12(11)10-17/h1-6,8H,7,9-10H2. The highest BCUT2D eigenvalue weighted by molar-refractivity contribution is 9.10. The molecule has 3 heteroatoms. The van der Waals surface area contributed by atoms with Crippen molar-refractivity contribution in [1.82, 2.24) is 4.98 Å². The number of hydrogen-bond donors (Lipinski definition) is 0. The van der Waals surface area contributed by atoms with E-state index >= 15 is 0 Å². The van der Waals surface area contributed by atoms with Gasteiger partial charge in [0.1, 0.15) is 5.82 Å². The minimum atomic E-state index is 0.950. The summed E-state index contributed by atoms with van der Waals surface area (Å²) in [6, 6.07) is 12.6. The quantitative estimate of drug-likeness (QED) is 0.800. The number of halogens is 1. The first-order chi connectivity index (χ1) is 8.34. The molecule has 0 atom stereocenters. The van der Waals surface area contributed by atoms with E-state index in [0.717, 1.165) is 29.8 Å². The van der Waals surface area contributed by atoms with Gasteiger partial charge in [0.05, 0.1) is 4.47 Å².